The molecule has 0 fully saturated rings. The van der Waals surface area contributed by atoms with Crippen molar-refractivity contribution in [1.29, 1.82) is 0 Å². The molecule has 0 aliphatic carbocycles. The molecule has 0 unspecified atom stereocenters. The van der Waals surface area contributed by atoms with Gasteiger partial charge in [-0.15, -0.1) is 0 Å². The van der Waals surface area contributed by atoms with Crippen LogP contribution in [0.1, 0.15) is 21.5 Å². The van der Waals surface area contributed by atoms with E-state index in [1.54, 1.807) is 12.3 Å². The van der Waals surface area contributed by atoms with Gasteiger partial charge in [0.2, 0.25) is 0 Å². The summed E-state index contributed by atoms with van der Waals surface area (Å²) in [6, 6.07) is 9.57. The Balaban J connectivity index is 2.17. The fourth-order valence-corrected chi connectivity index (χ4v) is 1.81. The normalized spacial score (nSPS) is 10.2. The van der Waals surface area contributed by atoms with E-state index in [1.807, 2.05) is 31.2 Å². The molecule has 0 saturated carbocycles. The van der Waals surface area contributed by atoms with Crippen LogP contribution in [0.25, 0.3) is 0 Å². The summed E-state index contributed by atoms with van der Waals surface area (Å²) in [5.41, 5.74) is 2.71. The molecule has 0 aliphatic rings. The SMILES string of the molecule is Cc1ccc(CC(=O)c2ccncc2Cl)cc1. The predicted molar refractivity (Wildman–Crippen MR) is 68.5 cm³/mol. The molecule has 2 aromatic rings. The molecule has 0 radical (unpaired) electrons. The number of carbonyl (C=O) groups is 1. The fourth-order valence-electron chi connectivity index (χ4n) is 1.59. The van der Waals surface area contributed by atoms with Crippen LogP contribution in [0.3, 0.4) is 0 Å². The van der Waals surface area contributed by atoms with E-state index in [0.717, 1.165) is 5.56 Å². The summed E-state index contributed by atoms with van der Waals surface area (Å²) in [7, 11) is 0. The molecule has 0 saturated heterocycles. The lowest BCUT2D eigenvalue weighted by atomic mass is 10.0. The maximum absolute atomic E-state index is 12.0. The van der Waals surface area contributed by atoms with Gasteiger partial charge in [-0.1, -0.05) is 41.4 Å². The zero-order valence-electron chi connectivity index (χ0n) is 9.48. The molecule has 3 heteroatoms. The number of Topliss-reactive ketones (excluding diaryl/α,β-unsaturated/α-hetero) is 1. The Morgan fingerprint density at radius 3 is 2.59 bits per heavy atom. The van der Waals surface area contributed by atoms with Crippen LogP contribution >= 0.6 is 11.6 Å². The highest BCUT2D eigenvalue weighted by Crippen LogP contribution is 2.16. The molecule has 0 bridgehead atoms. The maximum Gasteiger partial charge on any atom is 0.168 e. The van der Waals surface area contributed by atoms with Crippen molar-refractivity contribution in [3.05, 3.63) is 64.4 Å². The number of halogens is 1. The van der Waals surface area contributed by atoms with E-state index < -0.39 is 0 Å². The van der Waals surface area contributed by atoms with Crippen molar-refractivity contribution < 1.29 is 4.79 Å². The minimum atomic E-state index is 0.0150. The smallest absolute Gasteiger partial charge is 0.168 e. The van der Waals surface area contributed by atoms with Crippen molar-refractivity contribution in [3.63, 3.8) is 0 Å². The second-order valence-corrected chi connectivity index (χ2v) is 4.35. The number of hydrogen-bond acceptors (Lipinski definition) is 2. The minimum absolute atomic E-state index is 0.0150. The Labute approximate surface area is 105 Å². The molecule has 0 spiro atoms. The Morgan fingerprint density at radius 1 is 1.24 bits per heavy atom. The highest BCUT2D eigenvalue weighted by Gasteiger charge is 2.10. The van der Waals surface area contributed by atoms with Crippen molar-refractivity contribution in [3.8, 4) is 0 Å². The highest BCUT2D eigenvalue weighted by atomic mass is 35.5. The van der Waals surface area contributed by atoms with Gasteiger partial charge in [0.05, 0.1) is 5.02 Å². The molecule has 2 nitrogen and oxygen atoms in total. The molecular weight excluding hydrogens is 234 g/mol. The molecule has 0 aliphatic heterocycles. The minimum Gasteiger partial charge on any atom is -0.294 e. The van der Waals surface area contributed by atoms with Gasteiger partial charge in [0.1, 0.15) is 0 Å². The first-order valence-electron chi connectivity index (χ1n) is 5.35. The van der Waals surface area contributed by atoms with Gasteiger partial charge in [0.25, 0.3) is 0 Å². The van der Waals surface area contributed by atoms with Crippen LogP contribution in [0, 0.1) is 6.92 Å². The number of nitrogens with zero attached hydrogens (tertiary/aromatic N) is 1. The van der Waals surface area contributed by atoms with Crippen LogP contribution in [-0.2, 0) is 6.42 Å². The highest BCUT2D eigenvalue weighted by molar-refractivity contribution is 6.33. The molecule has 1 aromatic carbocycles. The van der Waals surface area contributed by atoms with Gasteiger partial charge >= 0.3 is 0 Å². The van der Waals surface area contributed by atoms with Gasteiger partial charge in [-0.25, -0.2) is 0 Å². The first-order chi connectivity index (χ1) is 8.16. The van der Waals surface area contributed by atoms with Gasteiger partial charge in [0, 0.05) is 24.4 Å². The number of hydrogen-bond donors (Lipinski definition) is 0. The molecule has 1 heterocycles. The Morgan fingerprint density at radius 2 is 1.94 bits per heavy atom. The number of rotatable bonds is 3. The van der Waals surface area contributed by atoms with Crippen molar-refractivity contribution in [1.82, 2.24) is 4.98 Å². The number of pyridine rings is 1. The summed E-state index contributed by atoms with van der Waals surface area (Å²) in [6.07, 6.45) is 3.43. The Hall–Kier alpha value is -1.67. The molecule has 1 aromatic heterocycles. The van der Waals surface area contributed by atoms with Gasteiger partial charge in [-0.3, -0.25) is 9.78 Å². The fraction of sp³-hybridized carbons (Fsp3) is 0.143. The summed E-state index contributed by atoms with van der Waals surface area (Å²) < 4.78 is 0. The van der Waals surface area contributed by atoms with E-state index >= 15 is 0 Å². The van der Waals surface area contributed by atoms with E-state index in [2.05, 4.69) is 4.98 Å². The second-order valence-electron chi connectivity index (χ2n) is 3.94. The topological polar surface area (TPSA) is 30.0 Å². The number of carbonyl (C=O) groups excluding carboxylic acids is 1. The molecule has 2 rings (SSSR count). The third kappa shape index (κ3) is 2.92. The van der Waals surface area contributed by atoms with Crippen LogP contribution in [0.2, 0.25) is 5.02 Å². The second kappa shape index (κ2) is 5.11. The number of aryl methyl sites for hydroxylation is 1. The summed E-state index contributed by atoms with van der Waals surface area (Å²) in [5, 5.41) is 0.407. The number of ketones is 1. The van der Waals surface area contributed by atoms with Gasteiger partial charge in [-0.2, -0.15) is 0 Å². The van der Waals surface area contributed by atoms with Gasteiger partial charge in [0.15, 0.2) is 5.78 Å². The molecular formula is C14H12ClNO. The van der Waals surface area contributed by atoms with E-state index in [0.29, 0.717) is 17.0 Å². The average molecular weight is 246 g/mol. The lowest BCUT2D eigenvalue weighted by Crippen LogP contribution is -2.04. The Bertz CT molecular complexity index is 534. The predicted octanol–water partition coefficient (Wildman–Crippen LogP) is 3.47. The maximum atomic E-state index is 12.0. The Kier molecular flexibility index (Phi) is 3.55. The first-order valence-corrected chi connectivity index (χ1v) is 5.73. The summed E-state index contributed by atoms with van der Waals surface area (Å²) in [6.45, 7) is 2.02. The molecule has 0 atom stereocenters. The van der Waals surface area contributed by atoms with Crippen LogP contribution < -0.4 is 0 Å². The molecule has 17 heavy (non-hydrogen) atoms. The molecule has 0 N–H and O–H groups in total. The first kappa shape index (κ1) is 11.8. The lowest BCUT2D eigenvalue weighted by Gasteiger charge is -2.03. The van der Waals surface area contributed by atoms with E-state index in [1.165, 1.54) is 11.8 Å². The average Bonchev–Trinajstić information content (AvgIpc) is 2.32. The monoisotopic (exact) mass is 245 g/mol. The zero-order chi connectivity index (χ0) is 12.3. The third-order valence-corrected chi connectivity index (χ3v) is 2.86. The van der Waals surface area contributed by atoms with Crippen LogP contribution in [0.4, 0.5) is 0 Å². The van der Waals surface area contributed by atoms with E-state index in [4.69, 9.17) is 11.6 Å². The number of benzene rings is 1. The lowest BCUT2D eigenvalue weighted by molar-refractivity contribution is 0.0993. The molecule has 86 valence electrons. The van der Waals surface area contributed by atoms with Gasteiger partial charge in [-0.05, 0) is 18.6 Å². The van der Waals surface area contributed by atoms with Crippen molar-refractivity contribution >= 4 is 17.4 Å². The van der Waals surface area contributed by atoms with Crippen molar-refractivity contribution in [2.45, 2.75) is 13.3 Å². The standard InChI is InChI=1S/C14H12ClNO/c1-10-2-4-11(5-3-10)8-14(17)12-6-7-16-9-13(12)15/h2-7,9H,8H2,1H3. The van der Waals surface area contributed by atoms with E-state index in [9.17, 15) is 4.79 Å². The van der Waals surface area contributed by atoms with Gasteiger partial charge < -0.3 is 0 Å². The van der Waals surface area contributed by atoms with E-state index in [-0.39, 0.29) is 5.78 Å². The quantitative estimate of drug-likeness (QED) is 0.775. The van der Waals surface area contributed by atoms with Crippen LogP contribution in [0.5, 0.6) is 0 Å². The zero-order valence-corrected chi connectivity index (χ0v) is 10.2. The van der Waals surface area contributed by atoms with Crippen LogP contribution in [0.15, 0.2) is 42.7 Å². The third-order valence-electron chi connectivity index (χ3n) is 2.56. The summed E-state index contributed by atoms with van der Waals surface area (Å²) >= 11 is 5.93. The largest absolute Gasteiger partial charge is 0.294 e. The molecule has 0 amide bonds. The van der Waals surface area contributed by atoms with Crippen molar-refractivity contribution in [2.24, 2.45) is 0 Å². The van der Waals surface area contributed by atoms with Crippen LogP contribution in [-0.4, -0.2) is 10.8 Å². The number of aromatic nitrogens is 1. The summed E-state index contributed by atoms with van der Waals surface area (Å²) in [5.74, 6) is 0.0150. The van der Waals surface area contributed by atoms with Crippen molar-refractivity contribution in [2.75, 3.05) is 0 Å². The summed E-state index contributed by atoms with van der Waals surface area (Å²) in [4.78, 5) is 15.9.